The van der Waals surface area contributed by atoms with Crippen LogP contribution in [0.1, 0.15) is 31.2 Å². The first-order chi connectivity index (χ1) is 9.24. The van der Waals surface area contributed by atoms with Gasteiger partial charge in [-0.05, 0) is 49.6 Å². The fraction of sp³-hybridized carbons (Fsp3) is 0.400. The van der Waals surface area contributed by atoms with E-state index in [0.717, 1.165) is 18.4 Å². The van der Waals surface area contributed by atoms with Crippen LogP contribution < -0.4 is 0 Å². The minimum Gasteiger partial charge on any atom is -0.331 e. The third-order valence-corrected chi connectivity index (χ3v) is 4.31. The van der Waals surface area contributed by atoms with E-state index in [4.69, 9.17) is 5.41 Å². The zero-order valence-electron chi connectivity index (χ0n) is 11.2. The monoisotopic (exact) mass is 278 g/mol. The van der Waals surface area contributed by atoms with Crippen molar-refractivity contribution in [2.24, 2.45) is 0 Å². The average molecular weight is 278 g/mol. The fourth-order valence-electron chi connectivity index (χ4n) is 2.44. The highest BCUT2D eigenvalue weighted by Gasteiger charge is 2.17. The van der Waals surface area contributed by atoms with E-state index in [9.17, 15) is 4.39 Å². The summed E-state index contributed by atoms with van der Waals surface area (Å²) in [5.41, 5.74) is 2.14. The van der Waals surface area contributed by atoms with Gasteiger partial charge in [-0.3, -0.25) is 5.41 Å². The Kier molecular flexibility index (Phi) is 5.02. The first-order valence-corrected chi connectivity index (χ1v) is 7.74. The summed E-state index contributed by atoms with van der Waals surface area (Å²) >= 11 is 1.77. The van der Waals surface area contributed by atoms with Gasteiger partial charge in [-0.1, -0.05) is 12.1 Å². The van der Waals surface area contributed by atoms with E-state index in [1.807, 2.05) is 11.0 Å². The molecule has 4 heteroatoms. The summed E-state index contributed by atoms with van der Waals surface area (Å²) in [5.74, 6) is -0.217. The molecule has 0 aliphatic heterocycles. The van der Waals surface area contributed by atoms with Crippen molar-refractivity contribution in [3.63, 3.8) is 0 Å². The van der Waals surface area contributed by atoms with Crippen LogP contribution in [0.25, 0.3) is 0 Å². The fourth-order valence-corrected chi connectivity index (χ4v) is 3.24. The van der Waals surface area contributed by atoms with Gasteiger partial charge in [-0.2, -0.15) is 0 Å². The molecule has 102 valence electrons. The summed E-state index contributed by atoms with van der Waals surface area (Å²) < 4.78 is 13.2. The molecule has 0 saturated carbocycles. The van der Waals surface area contributed by atoms with Crippen LogP contribution in [0.2, 0.25) is 0 Å². The molecule has 0 fully saturated rings. The Morgan fingerprint density at radius 2 is 2.16 bits per heavy atom. The molecular formula is C15H19FN2S. The molecule has 1 aliphatic carbocycles. The number of nitrogens with zero attached hydrogens (tertiary/aromatic N) is 1. The third-order valence-electron chi connectivity index (χ3n) is 3.38. The zero-order valence-corrected chi connectivity index (χ0v) is 12.0. The predicted octanol–water partition coefficient (Wildman–Crippen LogP) is 4.38. The van der Waals surface area contributed by atoms with Gasteiger partial charge in [0.15, 0.2) is 0 Å². The van der Waals surface area contributed by atoms with Gasteiger partial charge in [0.2, 0.25) is 0 Å². The Hall–Kier alpha value is -1.29. The number of hydrogen-bond acceptors (Lipinski definition) is 2. The number of allylic oxidation sites excluding steroid dienone is 2. The van der Waals surface area contributed by atoms with Crippen LogP contribution >= 0.6 is 11.8 Å². The van der Waals surface area contributed by atoms with Gasteiger partial charge in [-0.15, -0.1) is 11.8 Å². The van der Waals surface area contributed by atoms with Crippen molar-refractivity contribution in [2.45, 2.75) is 32.2 Å². The molecule has 19 heavy (non-hydrogen) atoms. The second-order valence-corrected chi connectivity index (χ2v) is 5.57. The van der Waals surface area contributed by atoms with Crippen LogP contribution in [0.5, 0.6) is 0 Å². The van der Waals surface area contributed by atoms with Crippen molar-refractivity contribution >= 4 is 18.1 Å². The van der Waals surface area contributed by atoms with Crippen molar-refractivity contribution in [2.75, 3.05) is 6.26 Å². The maximum Gasteiger partial charge on any atom is 0.123 e. The summed E-state index contributed by atoms with van der Waals surface area (Å²) in [7, 11) is 0. The zero-order chi connectivity index (χ0) is 13.7. The summed E-state index contributed by atoms with van der Waals surface area (Å²) in [4.78, 5) is 3.31. The van der Waals surface area contributed by atoms with Crippen molar-refractivity contribution in [3.05, 3.63) is 46.2 Å². The molecule has 2 rings (SSSR count). The van der Waals surface area contributed by atoms with Gasteiger partial charge in [0.05, 0.1) is 6.34 Å². The second kappa shape index (κ2) is 6.75. The molecule has 1 aliphatic rings. The molecule has 0 unspecified atom stereocenters. The quantitative estimate of drug-likeness (QED) is 0.639. The van der Waals surface area contributed by atoms with Gasteiger partial charge < -0.3 is 4.90 Å². The maximum atomic E-state index is 13.2. The number of halogens is 1. The third kappa shape index (κ3) is 3.60. The molecule has 0 heterocycles. The maximum absolute atomic E-state index is 13.2. The van der Waals surface area contributed by atoms with Crippen LogP contribution in [0.15, 0.2) is 34.9 Å². The van der Waals surface area contributed by atoms with E-state index in [2.05, 4.69) is 6.26 Å². The van der Waals surface area contributed by atoms with Gasteiger partial charge in [0.25, 0.3) is 0 Å². The van der Waals surface area contributed by atoms with Gasteiger partial charge in [-0.25, -0.2) is 4.39 Å². The molecule has 1 N–H and O–H groups in total. The highest BCUT2D eigenvalue weighted by molar-refractivity contribution is 8.02. The first kappa shape index (κ1) is 14.1. The summed E-state index contributed by atoms with van der Waals surface area (Å²) in [6.07, 6.45) is 7.97. The molecular weight excluding hydrogens is 259 g/mol. The van der Waals surface area contributed by atoms with E-state index in [-0.39, 0.29) is 5.82 Å². The highest BCUT2D eigenvalue weighted by Crippen LogP contribution is 2.33. The van der Waals surface area contributed by atoms with Gasteiger partial charge >= 0.3 is 0 Å². The van der Waals surface area contributed by atoms with Crippen molar-refractivity contribution < 1.29 is 4.39 Å². The lowest BCUT2D eigenvalue weighted by Gasteiger charge is -2.28. The topological polar surface area (TPSA) is 27.1 Å². The second-order valence-electron chi connectivity index (χ2n) is 4.67. The van der Waals surface area contributed by atoms with Crippen LogP contribution in [-0.2, 0) is 6.54 Å². The molecule has 0 aromatic heterocycles. The minimum absolute atomic E-state index is 0.217. The van der Waals surface area contributed by atoms with E-state index in [1.54, 1.807) is 23.9 Å². The molecule has 0 radical (unpaired) electrons. The SMILES string of the molecule is CSC1=C(N(C=N)Cc2cccc(F)c2)CCCC1. The van der Waals surface area contributed by atoms with Crippen LogP contribution in [0.4, 0.5) is 4.39 Å². The van der Waals surface area contributed by atoms with Crippen LogP contribution in [0, 0.1) is 11.2 Å². The van der Waals surface area contributed by atoms with Gasteiger partial charge in [0.1, 0.15) is 5.82 Å². The first-order valence-electron chi connectivity index (χ1n) is 6.52. The van der Waals surface area contributed by atoms with Crippen LogP contribution in [0.3, 0.4) is 0 Å². The van der Waals surface area contributed by atoms with E-state index in [1.165, 1.54) is 35.8 Å². The molecule has 0 amide bonds. The molecule has 0 atom stereocenters. The Morgan fingerprint density at radius 3 is 2.84 bits per heavy atom. The summed E-state index contributed by atoms with van der Waals surface area (Å²) in [5, 5.41) is 7.63. The Labute approximate surface area is 118 Å². The van der Waals surface area contributed by atoms with Crippen molar-refractivity contribution in [1.82, 2.24) is 4.90 Å². The lowest BCUT2D eigenvalue weighted by Crippen LogP contribution is -2.23. The number of rotatable bonds is 5. The predicted molar refractivity (Wildman–Crippen MR) is 79.7 cm³/mol. The number of hydrogen-bond donors (Lipinski definition) is 1. The van der Waals surface area contributed by atoms with Gasteiger partial charge in [0, 0.05) is 17.1 Å². The lowest BCUT2D eigenvalue weighted by atomic mass is 10.0. The molecule has 1 aromatic rings. The number of benzene rings is 1. The smallest absolute Gasteiger partial charge is 0.123 e. The van der Waals surface area contributed by atoms with E-state index >= 15 is 0 Å². The standard InChI is InChI=1S/C15H19FN2S/c1-19-15-8-3-2-7-14(15)18(11-17)10-12-5-4-6-13(16)9-12/h4-6,9,11,17H,2-3,7-8,10H2,1H3. The minimum atomic E-state index is -0.217. The number of thioether (sulfide) groups is 1. The highest BCUT2D eigenvalue weighted by atomic mass is 32.2. The van der Waals surface area contributed by atoms with Crippen molar-refractivity contribution in [1.29, 1.82) is 5.41 Å². The van der Waals surface area contributed by atoms with Crippen LogP contribution in [-0.4, -0.2) is 17.5 Å². The molecule has 2 nitrogen and oxygen atoms in total. The Balaban J connectivity index is 2.20. The largest absolute Gasteiger partial charge is 0.331 e. The molecule has 0 saturated heterocycles. The molecule has 1 aromatic carbocycles. The summed E-state index contributed by atoms with van der Waals surface area (Å²) in [6, 6.07) is 6.61. The normalized spacial score (nSPS) is 15.5. The van der Waals surface area contributed by atoms with E-state index < -0.39 is 0 Å². The summed E-state index contributed by atoms with van der Waals surface area (Å²) in [6.45, 7) is 0.570. The van der Waals surface area contributed by atoms with Crippen molar-refractivity contribution in [3.8, 4) is 0 Å². The Morgan fingerprint density at radius 1 is 1.37 bits per heavy atom. The average Bonchev–Trinajstić information content (AvgIpc) is 2.45. The van der Waals surface area contributed by atoms with E-state index in [0.29, 0.717) is 6.54 Å². The number of nitrogens with one attached hydrogen (secondary N) is 1. The molecule has 0 bridgehead atoms. The lowest BCUT2D eigenvalue weighted by molar-refractivity contribution is 0.465. The Bertz CT molecular complexity index is 485. The molecule has 0 spiro atoms.